The van der Waals surface area contributed by atoms with E-state index >= 15 is 0 Å². The standard InChI is InChI=1S/C22H18Br2Ge/c1-25(2)20-6-4-3-5-19(20)21(15-7-11-17(23)12-8-15)22(25)16-9-13-18(24)14-10-16/h3-14H,1-2H3. The molecule has 0 N–H and O–H groups in total. The number of halogens is 2. The number of hydrogen-bond acceptors (Lipinski definition) is 0. The van der Waals surface area contributed by atoms with Gasteiger partial charge in [0.2, 0.25) is 0 Å². The third kappa shape index (κ3) is 2.98. The number of benzene rings is 3. The summed E-state index contributed by atoms with van der Waals surface area (Å²) in [5, 5.41) is 0. The van der Waals surface area contributed by atoms with Crippen LogP contribution in [-0.4, -0.2) is 13.3 Å². The SMILES string of the molecule is [CH3][Ge]1([CH3])[C](c2ccc(Br)cc2)=C(c2ccc(Br)cc2)c2cccc[c]21. The molecule has 0 saturated heterocycles. The van der Waals surface area contributed by atoms with Crippen molar-refractivity contribution in [3.05, 3.63) is 98.4 Å². The zero-order chi connectivity index (χ0) is 17.6. The van der Waals surface area contributed by atoms with Crippen LogP contribution in [0.1, 0.15) is 16.7 Å². The van der Waals surface area contributed by atoms with Crippen molar-refractivity contribution in [2.75, 3.05) is 0 Å². The Hall–Kier alpha value is -1.10. The van der Waals surface area contributed by atoms with E-state index < -0.39 is 13.3 Å². The second kappa shape index (κ2) is 6.57. The molecule has 1 aliphatic rings. The van der Waals surface area contributed by atoms with Gasteiger partial charge in [0.25, 0.3) is 0 Å². The summed E-state index contributed by atoms with van der Waals surface area (Å²) in [4.78, 5) is 0. The Balaban J connectivity index is 2.04. The molecule has 0 unspecified atom stereocenters. The normalized spacial score (nSPS) is 15.4. The van der Waals surface area contributed by atoms with Crippen molar-refractivity contribution >= 4 is 59.5 Å². The first-order valence-corrected chi connectivity index (χ1v) is 16.2. The summed E-state index contributed by atoms with van der Waals surface area (Å²) in [5.41, 5.74) is 5.52. The van der Waals surface area contributed by atoms with Crippen molar-refractivity contribution < 1.29 is 0 Å². The number of hydrogen-bond donors (Lipinski definition) is 0. The van der Waals surface area contributed by atoms with Gasteiger partial charge in [0.15, 0.2) is 0 Å². The molecule has 4 rings (SSSR count). The van der Waals surface area contributed by atoms with Crippen LogP contribution in [0.15, 0.2) is 81.7 Å². The van der Waals surface area contributed by atoms with Crippen molar-refractivity contribution in [3.8, 4) is 0 Å². The first-order chi connectivity index (χ1) is 12.0. The molecular formula is C22H18Br2Ge. The van der Waals surface area contributed by atoms with E-state index in [4.69, 9.17) is 0 Å². The Labute approximate surface area is 168 Å². The van der Waals surface area contributed by atoms with Gasteiger partial charge >= 0.3 is 169 Å². The average Bonchev–Trinajstić information content (AvgIpc) is 2.85. The molecule has 0 spiro atoms. The van der Waals surface area contributed by atoms with Crippen LogP contribution in [0.3, 0.4) is 0 Å². The van der Waals surface area contributed by atoms with Gasteiger partial charge in [-0.15, -0.1) is 0 Å². The van der Waals surface area contributed by atoms with Crippen LogP contribution in [0.4, 0.5) is 0 Å². The molecule has 0 bridgehead atoms. The summed E-state index contributed by atoms with van der Waals surface area (Å²) >= 11 is 4.78. The first-order valence-electron chi connectivity index (χ1n) is 8.35. The number of rotatable bonds is 2. The van der Waals surface area contributed by atoms with E-state index in [9.17, 15) is 0 Å². The van der Waals surface area contributed by atoms with Crippen LogP contribution < -0.4 is 4.40 Å². The molecule has 3 aromatic carbocycles. The van der Waals surface area contributed by atoms with Crippen LogP contribution in [-0.2, 0) is 0 Å². The van der Waals surface area contributed by atoms with Gasteiger partial charge in [-0.2, -0.15) is 0 Å². The summed E-state index contributed by atoms with van der Waals surface area (Å²) in [6.07, 6.45) is 0. The van der Waals surface area contributed by atoms with Crippen molar-refractivity contribution in [3.63, 3.8) is 0 Å². The predicted molar refractivity (Wildman–Crippen MR) is 118 cm³/mol. The van der Waals surface area contributed by atoms with Gasteiger partial charge < -0.3 is 0 Å². The molecule has 0 atom stereocenters. The van der Waals surface area contributed by atoms with Crippen LogP contribution in [0.25, 0.3) is 9.98 Å². The van der Waals surface area contributed by atoms with Crippen LogP contribution in [0.2, 0.25) is 11.5 Å². The second-order valence-corrected chi connectivity index (χ2v) is 17.8. The van der Waals surface area contributed by atoms with Crippen molar-refractivity contribution in [2.24, 2.45) is 0 Å². The second-order valence-electron chi connectivity index (χ2n) is 6.93. The molecular weight excluding hydrogens is 497 g/mol. The van der Waals surface area contributed by atoms with Gasteiger partial charge in [-0.05, 0) is 0 Å². The molecule has 0 radical (unpaired) electrons. The molecule has 0 amide bonds. The van der Waals surface area contributed by atoms with Gasteiger partial charge in [0.1, 0.15) is 0 Å². The Morgan fingerprint density at radius 3 is 1.76 bits per heavy atom. The number of fused-ring (bicyclic) bond motifs is 1. The molecule has 25 heavy (non-hydrogen) atoms. The van der Waals surface area contributed by atoms with E-state index in [1.807, 2.05) is 0 Å². The summed E-state index contributed by atoms with van der Waals surface area (Å²) in [6.45, 7) is 0. The fourth-order valence-corrected chi connectivity index (χ4v) is 11.6. The summed E-state index contributed by atoms with van der Waals surface area (Å²) in [7, 11) is 0. The Kier molecular flexibility index (Phi) is 4.55. The van der Waals surface area contributed by atoms with Crippen molar-refractivity contribution in [1.82, 2.24) is 0 Å². The Morgan fingerprint density at radius 2 is 1.16 bits per heavy atom. The zero-order valence-corrected chi connectivity index (χ0v) is 19.5. The molecule has 0 aliphatic carbocycles. The third-order valence-corrected chi connectivity index (χ3v) is 13.6. The minimum absolute atomic E-state index is 1.12. The quantitative estimate of drug-likeness (QED) is 0.336. The Bertz CT molecular complexity index is 968. The fraction of sp³-hybridized carbons (Fsp3) is 0.0909. The third-order valence-electron chi connectivity index (χ3n) is 5.01. The summed E-state index contributed by atoms with van der Waals surface area (Å²) in [5.74, 6) is 5.03. The van der Waals surface area contributed by atoms with Gasteiger partial charge in [0.05, 0.1) is 0 Å². The van der Waals surface area contributed by atoms with Gasteiger partial charge in [-0.1, -0.05) is 0 Å². The molecule has 124 valence electrons. The topological polar surface area (TPSA) is 0 Å². The van der Waals surface area contributed by atoms with E-state index in [0.29, 0.717) is 0 Å². The minimum atomic E-state index is -2.36. The molecule has 3 heteroatoms. The Morgan fingerprint density at radius 1 is 0.640 bits per heavy atom. The zero-order valence-electron chi connectivity index (χ0n) is 14.2. The molecule has 0 fully saturated rings. The van der Waals surface area contributed by atoms with Crippen LogP contribution >= 0.6 is 31.9 Å². The molecule has 0 aromatic heterocycles. The van der Waals surface area contributed by atoms with Gasteiger partial charge in [0, 0.05) is 0 Å². The van der Waals surface area contributed by atoms with E-state index in [1.165, 1.54) is 22.3 Å². The van der Waals surface area contributed by atoms with Crippen molar-refractivity contribution in [2.45, 2.75) is 11.5 Å². The molecule has 0 nitrogen and oxygen atoms in total. The summed E-state index contributed by atoms with van der Waals surface area (Å²) < 4.78 is 5.41. The van der Waals surface area contributed by atoms with E-state index in [-0.39, 0.29) is 0 Å². The van der Waals surface area contributed by atoms with Crippen LogP contribution in [0, 0.1) is 0 Å². The fourth-order valence-electron chi connectivity index (χ4n) is 3.87. The van der Waals surface area contributed by atoms with E-state index in [2.05, 4.69) is 116 Å². The monoisotopic (exact) mass is 514 g/mol. The maximum atomic E-state index is 3.57. The molecule has 1 aliphatic heterocycles. The predicted octanol–water partition coefficient (Wildman–Crippen LogP) is 6.64. The van der Waals surface area contributed by atoms with Crippen LogP contribution in [0.5, 0.6) is 0 Å². The average molecular weight is 515 g/mol. The van der Waals surface area contributed by atoms with Crippen molar-refractivity contribution in [1.29, 1.82) is 0 Å². The molecule has 3 aromatic rings. The summed E-state index contributed by atoms with van der Waals surface area (Å²) in [6, 6.07) is 26.6. The molecule has 1 heterocycles. The first kappa shape index (κ1) is 17.3. The van der Waals surface area contributed by atoms with E-state index in [1.54, 1.807) is 8.80 Å². The van der Waals surface area contributed by atoms with Gasteiger partial charge in [-0.3, -0.25) is 0 Å². The molecule has 0 saturated carbocycles. The van der Waals surface area contributed by atoms with Gasteiger partial charge in [-0.25, -0.2) is 0 Å². The van der Waals surface area contributed by atoms with E-state index in [0.717, 1.165) is 8.95 Å². The maximum absolute atomic E-state index is 3.57.